The van der Waals surface area contributed by atoms with Gasteiger partial charge in [-0.1, -0.05) is 68.2 Å². The molecule has 2 amide bonds. The van der Waals surface area contributed by atoms with Crippen molar-refractivity contribution in [2.45, 2.75) is 65.6 Å². The van der Waals surface area contributed by atoms with Crippen LogP contribution in [0.15, 0.2) is 42.5 Å². The lowest BCUT2D eigenvalue weighted by molar-refractivity contribution is -0.139. The second-order valence-electron chi connectivity index (χ2n) is 9.20. The number of rotatable bonds is 11. The van der Waals surface area contributed by atoms with Crippen LogP contribution in [0.3, 0.4) is 0 Å². The van der Waals surface area contributed by atoms with Crippen molar-refractivity contribution in [1.29, 1.82) is 0 Å². The zero-order valence-corrected chi connectivity index (χ0v) is 23.9. The van der Waals surface area contributed by atoms with Gasteiger partial charge >= 0.3 is 0 Å². The summed E-state index contributed by atoms with van der Waals surface area (Å²) in [6, 6.07) is 11.1. The molecule has 0 aliphatic heterocycles. The van der Waals surface area contributed by atoms with Crippen LogP contribution >= 0.6 is 23.2 Å². The Bertz CT molecular complexity index is 1170. The first kappa shape index (κ1) is 29.9. The third kappa shape index (κ3) is 7.60. The third-order valence-corrected chi connectivity index (χ3v) is 7.90. The summed E-state index contributed by atoms with van der Waals surface area (Å²) < 4.78 is 26.8. The quantitative estimate of drug-likeness (QED) is 0.412. The van der Waals surface area contributed by atoms with E-state index in [1.807, 2.05) is 39.8 Å². The van der Waals surface area contributed by atoms with Crippen LogP contribution in [0.1, 0.15) is 58.1 Å². The van der Waals surface area contributed by atoms with Gasteiger partial charge in [0.05, 0.1) is 11.9 Å². The van der Waals surface area contributed by atoms with Crippen LogP contribution < -0.4 is 9.62 Å². The minimum atomic E-state index is -3.83. The van der Waals surface area contributed by atoms with Gasteiger partial charge in [-0.2, -0.15) is 0 Å². The number of amides is 2. The van der Waals surface area contributed by atoms with E-state index in [1.54, 1.807) is 37.3 Å². The first-order valence-corrected chi connectivity index (χ1v) is 14.5. The molecule has 0 bridgehead atoms. The lowest BCUT2D eigenvalue weighted by Gasteiger charge is -2.33. The first-order chi connectivity index (χ1) is 16.8. The number of para-hydroxylation sites is 1. The number of carbonyl (C=O) groups is 2. The Kier molecular flexibility index (Phi) is 10.6. The van der Waals surface area contributed by atoms with E-state index in [9.17, 15) is 18.0 Å². The van der Waals surface area contributed by atoms with Crippen molar-refractivity contribution in [3.05, 3.63) is 63.6 Å². The lowest BCUT2D eigenvalue weighted by atomic mass is 10.0. The van der Waals surface area contributed by atoms with E-state index < -0.39 is 28.5 Å². The van der Waals surface area contributed by atoms with Crippen molar-refractivity contribution in [2.24, 2.45) is 0 Å². The van der Waals surface area contributed by atoms with Crippen LogP contribution in [-0.4, -0.2) is 50.0 Å². The maximum absolute atomic E-state index is 13.7. The Morgan fingerprint density at radius 2 is 1.56 bits per heavy atom. The highest BCUT2D eigenvalue weighted by atomic mass is 35.5. The predicted octanol–water partition coefficient (Wildman–Crippen LogP) is 5.21. The molecule has 0 saturated heterocycles. The van der Waals surface area contributed by atoms with E-state index >= 15 is 0 Å². The number of nitrogens with one attached hydrogen (secondary N) is 1. The molecule has 7 nitrogen and oxygen atoms in total. The summed E-state index contributed by atoms with van der Waals surface area (Å²) in [6.07, 6.45) is 1.78. The van der Waals surface area contributed by atoms with Gasteiger partial charge in [-0.15, -0.1) is 0 Å². The topological polar surface area (TPSA) is 86.8 Å². The molecule has 0 spiro atoms. The van der Waals surface area contributed by atoms with E-state index in [0.29, 0.717) is 21.3 Å². The van der Waals surface area contributed by atoms with Crippen LogP contribution in [0.25, 0.3) is 0 Å². The highest BCUT2D eigenvalue weighted by Crippen LogP contribution is 2.30. The van der Waals surface area contributed by atoms with Gasteiger partial charge < -0.3 is 10.2 Å². The molecule has 2 aromatic carbocycles. The van der Waals surface area contributed by atoms with Gasteiger partial charge in [-0.05, 0) is 49.9 Å². The molecule has 0 aromatic heterocycles. The second-order valence-corrected chi connectivity index (χ2v) is 11.9. The van der Waals surface area contributed by atoms with E-state index in [1.165, 1.54) is 4.90 Å². The van der Waals surface area contributed by atoms with Crippen molar-refractivity contribution in [1.82, 2.24) is 10.2 Å². The summed E-state index contributed by atoms with van der Waals surface area (Å²) >= 11 is 12.7. The molecule has 0 heterocycles. The molecule has 2 aromatic rings. The first-order valence-electron chi connectivity index (χ1n) is 11.9. The fourth-order valence-corrected chi connectivity index (χ4v) is 5.08. The molecule has 10 heteroatoms. The standard InChI is InChI=1S/C26H35Cl2N3O4S/c1-7-18(4)29-26(33)19(5)30(15-21-22(27)12-10-13-23(21)28)25(32)16-31(36(6,34)35)24-14-9-8-11-20(24)17(2)3/h8-14,17-19H,7,15-16H2,1-6H3,(H,29,33)/t18-,19-/m1/s1. The molecule has 36 heavy (non-hydrogen) atoms. The van der Waals surface area contributed by atoms with Gasteiger partial charge in [0.1, 0.15) is 12.6 Å². The van der Waals surface area contributed by atoms with E-state index in [4.69, 9.17) is 23.2 Å². The van der Waals surface area contributed by atoms with Crippen LogP contribution in [-0.2, 0) is 26.2 Å². The van der Waals surface area contributed by atoms with Crippen molar-refractivity contribution in [3.63, 3.8) is 0 Å². The molecular formula is C26H35Cl2N3O4S. The predicted molar refractivity (Wildman–Crippen MR) is 147 cm³/mol. The summed E-state index contributed by atoms with van der Waals surface area (Å²) in [5.41, 5.74) is 1.70. The van der Waals surface area contributed by atoms with Gasteiger partial charge in [-0.25, -0.2) is 8.42 Å². The SMILES string of the molecule is CC[C@@H](C)NC(=O)[C@@H](C)N(Cc1c(Cl)cccc1Cl)C(=O)CN(c1ccccc1C(C)C)S(C)(=O)=O. The highest BCUT2D eigenvalue weighted by molar-refractivity contribution is 7.92. The van der Waals surface area contributed by atoms with Gasteiger partial charge in [0.15, 0.2) is 0 Å². The average molecular weight is 557 g/mol. The number of anilines is 1. The summed E-state index contributed by atoms with van der Waals surface area (Å²) in [4.78, 5) is 28.1. The zero-order valence-electron chi connectivity index (χ0n) is 21.6. The number of benzene rings is 2. The summed E-state index contributed by atoms with van der Waals surface area (Å²) in [6.45, 7) is 8.78. The largest absolute Gasteiger partial charge is 0.352 e. The number of hydrogen-bond acceptors (Lipinski definition) is 4. The lowest BCUT2D eigenvalue weighted by Crippen LogP contribution is -2.52. The maximum Gasteiger partial charge on any atom is 0.244 e. The molecule has 0 fully saturated rings. The third-order valence-electron chi connectivity index (χ3n) is 6.07. The molecule has 198 valence electrons. The van der Waals surface area contributed by atoms with E-state index in [2.05, 4.69) is 5.32 Å². The summed E-state index contributed by atoms with van der Waals surface area (Å²) in [5, 5.41) is 3.58. The summed E-state index contributed by atoms with van der Waals surface area (Å²) in [7, 11) is -3.83. The molecular weight excluding hydrogens is 521 g/mol. The number of halogens is 2. The van der Waals surface area contributed by atoms with Crippen LogP contribution in [0.4, 0.5) is 5.69 Å². The smallest absolute Gasteiger partial charge is 0.244 e. The molecule has 0 saturated carbocycles. The van der Waals surface area contributed by atoms with Crippen molar-refractivity contribution in [2.75, 3.05) is 17.1 Å². The van der Waals surface area contributed by atoms with Gasteiger partial charge in [-0.3, -0.25) is 13.9 Å². The Balaban J connectivity index is 2.51. The molecule has 0 aliphatic rings. The van der Waals surface area contributed by atoms with Gasteiger partial charge in [0, 0.05) is 28.2 Å². The molecule has 0 unspecified atom stereocenters. The minimum absolute atomic E-state index is 0.0267. The fourth-order valence-electron chi connectivity index (χ4n) is 3.70. The molecule has 2 atom stereocenters. The van der Waals surface area contributed by atoms with Crippen molar-refractivity contribution < 1.29 is 18.0 Å². The molecule has 0 radical (unpaired) electrons. The second kappa shape index (κ2) is 12.8. The Hall–Kier alpha value is -2.29. The van der Waals surface area contributed by atoms with Crippen molar-refractivity contribution in [3.8, 4) is 0 Å². The normalized spacial score (nSPS) is 13.2. The monoisotopic (exact) mass is 555 g/mol. The fraction of sp³-hybridized carbons (Fsp3) is 0.462. The Morgan fingerprint density at radius 3 is 2.08 bits per heavy atom. The maximum atomic E-state index is 13.7. The summed E-state index contributed by atoms with van der Waals surface area (Å²) in [5.74, 6) is -0.880. The number of hydrogen-bond donors (Lipinski definition) is 1. The Morgan fingerprint density at radius 1 is 0.972 bits per heavy atom. The molecule has 2 rings (SSSR count). The highest BCUT2D eigenvalue weighted by Gasteiger charge is 2.32. The van der Waals surface area contributed by atoms with Crippen molar-refractivity contribution >= 4 is 50.7 Å². The van der Waals surface area contributed by atoms with Gasteiger partial charge in [0.25, 0.3) is 0 Å². The van der Waals surface area contributed by atoms with E-state index in [-0.39, 0.29) is 24.4 Å². The molecule has 1 N–H and O–H groups in total. The molecule has 0 aliphatic carbocycles. The zero-order chi connectivity index (χ0) is 27.2. The number of carbonyl (C=O) groups excluding carboxylic acids is 2. The Labute approximate surface area is 224 Å². The van der Waals surface area contributed by atoms with Crippen LogP contribution in [0, 0.1) is 0 Å². The van der Waals surface area contributed by atoms with Crippen LogP contribution in [0.5, 0.6) is 0 Å². The van der Waals surface area contributed by atoms with Crippen LogP contribution in [0.2, 0.25) is 10.0 Å². The number of nitrogens with zero attached hydrogens (tertiary/aromatic N) is 2. The van der Waals surface area contributed by atoms with E-state index in [0.717, 1.165) is 22.5 Å². The van der Waals surface area contributed by atoms with Gasteiger partial charge in [0.2, 0.25) is 21.8 Å². The minimum Gasteiger partial charge on any atom is -0.352 e. The number of sulfonamides is 1. The average Bonchev–Trinajstić information content (AvgIpc) is 2.80.